The van der Waals surface area contributed by atoms with Gasteiger partial charge in [0.2, 0.25) is 0 Å². The van der Waals surface area contributed by atoms with Gasteiger partial charge in [0, 0.05) is 12.0 Å². The number of aliphatic hydroxyl groups is 1. The van der Waals surface area contributed by atoms with Gasteiger partial charge < -0.3 is 5.11 Å². The quantitative estimate of drug-likeness (QED) is 0.853. The number of aryl methyl sites for hydroxylation is 1. The Bertz CT molecular complexity index is 514. The number of hydrogen-bond donors (Lipinski definition) is 1. The first kappa shape index (κ1) is 11.6. The van der Waals surface area contributed by atoms with Gasteiger partial charge >= 0.3 is 0 Å². The van der Waals surface area contributed by atoms with E-state index in [2.05, 4.69) is 4.98 Å². The molecule has 84 valence electrons. The highest BCUT2D eigenvalue weighted by Crippen LogP contribution is 2.28. The second-order valence-electron chi connectivity index (χ2n) is 3.57. The van der Waals surface area contributed by atoms with Gasteiger partial charge in [-0.15, -0.1) is 0 Å². The van der Waals surface area contributed by atoms with E-state index in [9.17, 15) is 0 Å². The van der Waals surface area contributed by atoms with Crippen LogP contribution >= 0.6 is 23.2 Å². The van der Waals surface area contributed by atoms with Gasteiger partial charge in [-0.1, -0.05) is 29.3 Å². The van der Waals surface area contributed by atoms with Gasteiger partial charge in [-0.05, 0) is 36.6 Å². The second kappa shape index (κ2) is 5.00. The molecule has 0 saturated heterocycles. The molecule has 4 heteroatoms. The molecule has 0 unspecified atom stereocenters. The predicted molar refractivity (Wildman–Crippen MR) is 67.2 cm³/mol. The topological polar surface area (TPSA) is 33.1 Å². The maximum absolute atomic E-state index is 8.80. The highest BCUT2D eigenvalue weighted by Gasteiger charge is 2.06. The summed E-state index contributed by atoms with van der Waals surface area (Å²) in [6, 6.07) is 7.44. The zero-order chi connectivity index (χ0) is 11.5. The van der Waals surface area contributed by atoms with Crippen molar-refractivity contribution >= 4 is 34.1 Å². The van der Waals surface area contributed by atoms with Crippen molar-refractivity contribution in [2.24, 2.45) is 0 Å². The predicted octanol–water partition coefficient (Wildman–Crippen LogP) is 3.47. The van der Waals surface area contributed by atoms with Gasteiger partial charge in [0.05, 0.1) is 10.5 Å². The summed E-state index contributed by atoms with van der Waals surface area (Å²) < 4.78 is 0. The minimum atomic E-state index is 0.174. The average molecular weight is 256 g/mol. The Kier molecular flexibility index (Phi) is 3.64. The fraction of sp³-hybridized carbons (Fsp3) is 0.250. The van der Waals surface area contributed by atoms with Crippen LogP contribution in [0, 0.1) is 0 Å². The van der Waals surface area contributed by atoms with E-state index in [1.165, 1.54) is 0 Å². The van der Waals surface area contributed by atoms with Crippen molar-refractivity contribution in [3.63, 3.8) is 0 Å². The molecule has 1 N–H and O–H groups in total. The summed E-state index contributed by atoms with van der Waals surface area (Å²) in [7, 11) is 0. The fourth-order valence-electron chi connectivity index (χ4n) is 1.65. The maximum atomic E-state index is 8.80. The monoisotopic (exact) mass is 255 g/mol. The van der Waals surface area contributed by atoms with Crippen molar-refractivity contribution in [2.45, 2.75) is 12.8 Å². The number of nitrogens with zero attached hydrogens (tertiary/aromatic N) is 1. The van der Waals surface area contributed by atoms with E-state index in [0.29, 0.717) is 16.6 Å². The molecule has 2 rings (SSSR count). The van der Waals surface area contributed by atoms with Crippen molar-refractivity contribution in [1.29, 1.82) is 0 Å². The summed E-state index contributed by atoms with van der Waals surface area (Å²) in [6.45, 7) is 0.174. The minimum Gasteiger partial charge on any atom is -0.396 e. The third-order valence-corrected chi connectivity index (χ3v) is 3.11. The van der Waals surface area contributed by atoms with Crippen LogP contribution in [0.25, 0.3) is 10.9 Å². The largest absolute Gasteiger partial charge is 0.396 e. The fourth-order valence-corrected chi connectivity index (χ4v) is 2.12. The lowest BCUT2D eigenvalue weighted by Crippen LogP contribution is -1.92. The first-order valence-electron chi connectivity index (χ1n) is 5.07. The highest BCUT2D eigenvalue weighted by molar-refractivity contribution is 6.36. The highest BCUT2D eigenvalue weighted by atomic mass is 35.5. The summed E-state index contributed by atoms with van der Waals surface area (Å²) in [6.07, 6.45) is 1.49. The second-order valence-corrected chi connectivity index (χ2v) is 4.33. The number of aliphatic hydroxyl groups excluding tert-OH is 1. The van der Waals surface area contributed by atoms with Crippen molar-refractivity contribution < 1.29 is 5.11 Å². The molecule has 0 spiro atoms. The molecule has 0 aliphatic carbocycles. The number of rotatable bonds is 3. The molecule has 16 heavy (non-hydrogen) atoms. The Hall–Kier alpha value is -0.830. The molecule has 2 aromatic rings. The molecule has 1 aromatic carbocycles. The van der Waals surface area contributed by atoms with Crippen LogP contribution in [-0.2, 0) is 6.42 Å². The molecule has 0 amide bonds. The SMILES string of the molecule is OCCCc1ccc2nc(Cl)ccc2c1Cl. The number of halogens is 2. The molecule has 0 aliphatic rings. The number of hydrogen-bond acceptors (Lipinski definition) is 2. The lowest BCUT2D eigenvalue weighted by atomic mass is 10.1. The molecule has 0 radical (unpaired) electrons. The van der Waals surface area contributed by atoms with E-state index >= 15 is 0 Å². The van der Waals surface area contributed by atoms with E-state index in [4.69, 9.17) is 28.3 Å². The normalized spacial score (nSPS) is 10.9. The standard InChI is InChI=1S/C12H11Cl2NO/c13-11-6-4-9-10(15-11)5-3-8(12(9)14)2-1-7-16/h3-6,16H,1-2,7H2. The molecule has 2 nitrogen and oxygen atoms in total. The van der Waals surface area contributed by atoms with Crippen LogP contribution in [0.3, 0.4) is 0 Å². The molecule has 0 atom stereocenters. The molecular weight excluding hydrogens is 245 g/mol. The first-order valence-corrected chi connectivity index (χ1v) is 5.82. The Morgan fingerprint density at radius 1 is 1.12 bits per heavy atom. The summed E-state index contributed by atoms with van der Waals surface area (Å²) in [5, 5.41) is 10.9. The maximum Gasteiger partial charge on any atom is 0.129 e. The zero-order valence-electron chi connectivity index (χ0n) is 8.58. The van der Waals surface area contributed by atoms with Crippen molar-refractivity contribution in [3.8, 4) is 0 Å². The van der Waals surface area contributed by atoms with Crippen LogP contribution < -0.4 is 0 Å². The third kappa shape index (κ3) is 2.29. The van der Waals surface area contributed by atoms with Crippen molar-refractivity contribution in [3.05, 3.63) is 40.0 Å². The molecule has 0 fully saturated rings. The number of pyridine rings is 1. The Morgan fingerprint density at radius 2 is 1.94 bits per heavy atom. The van der Waals surface area contributed by atoms with Gasteiger partial charge in [-0.2, -0.15) is 0 Å². The Morgan fingerprint density at radius 3 is 2.69 bits per heavy atom. The molecule has 1 heterocycles. The Labute approximate surface area is 104 Å². The van der Waals surface area contributed by atoms with E-state index in [0.717, 1.165) is 22.9 Å². The first-order chi connectivity index (χ1) is 7.72. The number of fused-ring (bicyclic) bond motifs is 1. The van der Waals surface area contributed by atoms with Crippen LogP contribution in [0.1, 0.15) is 12.0 Å². The molecule has 0 saturated carbocycles. The van der Waals surface area contributed by atoms with Gasteiger partial charge in [-0.25, -0.2) is 4.98 Å². The van der Waals surface area contributed by atoms with Gasteiger partial charge in [0.25, 0.3) is 0 Å². The number of benzene rings is 1. The average Bonchev–Trinajstić information content (AvgIpc) is 2.28. The number of aromatic nitrogens is 1. The van der Waals surface area contributed by atoms with Crippen LogP contribution in [0.5, 0.6) is 0 Å². The molecule has 0 bridgehead atoms. The van der Waals surface area contributed by atoms with Crippen LogP contribution in [-0.4, -0.2) is 16.7 Å². The summed E-state index contributed by atoms with van der Waals surface area (Å²) in [5.41, 5.74) is 1.83. The van der Waals surface area contributed by atoms with Crippen LogP contribution in [0.2, 0.25) is 10.2 Å². The van der Waals surface area contributed by atoms with Gasteiger partial charge in [0.15, 0.2) is 0 Å². The van der Waals surface area contributed by atoms with Crippen molar-refractivity contribution in [1.82, 2.24) is 4.98 Å². The minimum absolute atomic E-state index is 0.174. The van der Waals surface area contributed by atoms with Gasteiger partial charge in [-0.3, -0.25) is 0 Å². The Balaban J connectivity index is 2.48. The molecular formula is C12H11Cl2NO. The van der Waals surface area contributed by atoms with Gasteiger partial charge in [0.1, 0.15) is 5.15 Å². The summed E-state index contributed by atoms with van der Waals surface area (Å²) in [5.74, 6) is 0. The third-order valence-electron chi connectivity index (χ3n) is 2.46. The van der Waals surface area contributed by atoms with E-state index in [1.54, 1.807) is 6.07 Å². The van der Waals surface area contributed by atoms with E-state index < -0.39 is 0 Å². The van der Waals surface area contributed by atoms with E-state index in [-0.39, 0.29) is 6.61 Å². The lowest BCUT2D eigenvalue weighted by molar-refractivity contribution is 0.288. The van der Waals surface area contributed by atoms with Crippen LogP contribution in [0.4, 0.5) is 0 Å². The summed E-state index contributed by atoms with van der Waals surface area (Å²) in [4.78, 5) is 4.19. The molecule has 1 aromatic heterocycles. The van der Waals surface area contributed by atoms with Crippen molar-refractivity contribution in [2.75, 3.05) is 6.61 Å². The summed E-state index contributed by atoms with van der Waals surface area (Å²) >= 11 is 12.1. The zero-order valence-corrected chi connectivity index (χ0v) is 10.1. The lowest BCUT2D eigenvalue weighted by Gasteiger charge is -2.06. The van der Waals surface area contributed by atoms with Crippen LogP contribution in [0.15, 0.2) is 24.3 Å². The molecule has 0 aliphatic heterocycles. The smallest absolute Gasteiger partial charge is 0.129 e. The van der Waals surface area contributed by atoms with E-state index in [1.807, 2.05) is 18.2 Å².